The van der Waals surface area contributed by atoms with E-state index in [9.17, 15) is 9.59 Å². The van der Waals surface area contributed by atoms with Crippen LogP contribution in [0.2, 0.25) is 0 Å². The number of hydrogen-bond donors (Lipinski definition) is 1. The fraction of sp³-hybridized carbons (Fsp3) is 0.292. The molecule has 0 saturated carbocycles. The molecule has 1 heterocycles. The van der Waals surface area contributed by atoms with Crippen molar-refractivity contribution in [2.75, 3.05) is 26.6 Å². The van der Waals surface area contributed by atoms with Gasteiger partial charge in [-0.1, -0.05) is 6.07 Å². The number of amides is 1. The lowest BCUT2D eigenvalue weighted by Gasteiger charge is -2.17. The molecular weight excluding hydrogens is 426 g/mol. The Kier molecular flexibility index (Phi) is 7.22. The maximum Gasteiger partial charge on any atom is 0.271 e. The van der Waals surface area contributed by atoms with E-state index >= 15 is 0 Å². The van der Waals surface area contributed by atoms with Crippen molar-refractivity contribution in [3.05, 3.63) is 63.9 Å². The second-order valence-electron chi connectivity index (χ2n) is 7.35. The summed E-state index contributed by atoms with van der Waals surface area (Å²) in [6.07, 6.45) is -0.901. The summed E-state index contributed by atoms with van der Waals surface area (Å²) in [7, 11) is 4.48. The molecule has 1 atom stereocenters. The van der Waals surface area contributed by atoms with E-state index in [0.717, 1.165) is 11.1 Å². The van der Waals surface area contributed by atoms with Gasteiger partial charge in [-0.15, -0.1) is 5.10 Å². The molecule has 0 bridgehead atoms. The van der Waals surface area contributed by atoms with Crippen molar-refractivity contribution in [3.63, 3.8) is 0 Å². The van der Waals surface area contributed by atoms with Gasteiger partial charge in [-0.3, -0.25) is 9.59 Å². The first-order valence-corrected chi connectivity index (χ1v) is 10.2. The summed E-state index contributed by atoms with van der Waals surface area (Å²) in [5, 5.41) is 7.02. The lowest BCUT2D eigenvalue weighted by Crippen LogP contribution is -2.31. The Morgan fingerprint density at radius 1 is 0.939 bits per heavy atom. The predicted octanol–water partition coefficient (Wildman–Crippen LogP) is 3.28. The minimum Gasteiger partial charge on any atom is -0.493 e. The fourth-order valence-electron chi connectivity index (χ4n) is 3.13. The second-order valence-corrected chi connectivity index (χ2v) is 7.35. The van der Waals surface area contributed by atoms with Crippen molar-refractivity contribution in [2.24, 2.45) is 0 Å². The van der Waals surface area contributed by atoms with Crippen LogP contribution in [0.25, 0.3) is 5.69 Å². The van der Waals surface area contributed by atoms with E-state index < -0.39 is 12.0 Å². The Balaban J connectivity index is 1.79. The van der Waals surface area contributed by atoms with Crippen molar-refractivity contribution in [3.8, 4) is 28.8 Å². The Labute approximate surface area is 191 Å². The van der Waals surface area contributed by atoms with E-state index in [1.165, 1.54) is 38.1 Å². The third-order valence-electron chi connectivity index (χ3n) is 5.11. The summed E-state index contributed by atoms with van der Waals surface area (Å²) in [6, 6.07) is 11.6. The minimum absolute atomic E-state index is 0.139. The molecule has 3 rings (SSSR count). The van der Waals surface area contributed by atoms with E-state index in [2.05, 4.69) is 10.4 Å². The van der Waals surface area contributed by atoms with E-state index in [4.69, 9.17) is 18.9 Å². The zero-order valence-corrected chi connectivity index (χ0v) is 19.5. The van der Waals surface area contributed by atoms with Crippen molar-refractivity contribution in [2.45, 2.75) is 26.9 Å². The summed E-state index contributed by atoms with van der Waals surface area (Å²) in [4.78, 5) is 25.1. The number of nitrogens with one attached hydrogen (secondary N) is 1. The van der Waals surface area contributed by atoms with Crippen molar-refractivity contribution >= 4 is 11.6 Å². The summed E-state index contributed by atoms with van der Waals surface area (Å²) in [5.41, 5.74) is 2.89. The van der Waals surface area contributed by atoms with Crippen LogP contribution in [0.1, 0.15) is 18.1 Å². The van der Waals surface area contributed by atoms with E-state index in [0.29, 0.717) is 28.6 Å². The maximum atomic E-state index is 12.7. The van der Waals surface area contributed by atoms with Crippen molar-refractivity contribution < 1.29 is 23.7 Å². The molecule has 0 fully saturated rings. The maximum absolute atomic E-state index is 12.7. The van der Waals surface area contributed by atoms with Gasteiger partial charge in [0.2, 0.25) is 11.6 Å². The van der Waals surface area contributed by atoms with Crippen molar-refractivity contribution in [1.29, 1.82) is 0 Å². The molecule has 2 aromatic carbocycles. The van der Waals surface area contributed by atoms with Gasteiger partial charge in [-0.05, 0) is 44.0 Å². The van der Waals surface area contributed by atoms with Gasteiger partial charge in [-0.2, -0.15) is 4.68 Å². The minimum atomic E-state index is -0.901. The molecule has 0 aliphatic carbocycles. The number of benzene rings is 2. The molecule has 9 nitrogen and oxygen atoms in total. The molecule has 174 valence electrons. The number of carbonyl (C=O) groups excluding carboxylic acids is 1. The molecular formula is C24H27N3O6. The number of anilines is 1. The predicted molar refractivity (Wildman–Crippen MR) is 124 cm³/mol. The average Bonchev–Trinajstić information content (AvgIpc) is 2.81. The third kappa shape index (κ3) is 5.25. The Morgan fingerprint density at radius 2 is 1.61 bits per heavy atom. The van der Waals surface area contributed by atoms with Gasteiger partial charge >= 0.3 is 0 Å². The molecule has 9 heteroatoms. The highest BCUT2D eigenvalue weighted by Crippen LogP contribution is 2.39. The molecule has 0 unspecified atom stereocenters. The van der Waals surface area contributed by atoms with Crippen LogP contribution in [0.15, 0.2) is 47.3 Å². The standard InChI is InChI=1S/C24H27N3O6/c1-14-7-8-18(11-15(14)2)27-22(28)10-9-21(26-27)33-16(3)24(29)25-17-12-19(30-4)23(32-6)20(13-17)31-5/h7-13,16H,1-6H3,(H,25,29)/t16-/m0/s1. The molecule has 0 aliphatic rings. The quantitative estimate of drug-likeness (QED) is 0.559. The number of hydrogen-bond acceptors (Lipinski definition) is 7. The lowest BCUT2D eigenvalue weighted by atomic mass is 10.1. The third-order valence-corrected chi connectivity index (χ3v) is 5.11. The molecule has 0 spiro atoms. The second kappa shape index (κ2) is 10.1. The molecule has 1 N–H and O–H groups in total. The van der Waals surface area contributed by atoms with E-state index in [1.807, 2.05) is 26.0 Å². The van der Waals surface area contributed by atoms with Crippen molar-refractivity contribution in [1.82, 2.24) is 9.78 Å². The van der Waals surface area contributed by atoms with Gasteiger partial charge in [0.1, 0.15) is 0 Å². The number of aryl methyl sites for hydroxylation is 2. The first-order chi connectivity index (χ1) is 15.8. The highest BCUT2D eigenvalue weighted by molar-refractivity contribution is 5.94. The van der Waals surface area contributed by atoms with Crippen LogP contribution in [0.5, 0.6) is 23.1 Å². The summed E-state index contributed by atoms with van der Waals surface area (Å²) in [6.45, 7) is 5.53. The van der Waals surface area contributed by atoms with Crippen LogP contribution in [-0.4, -0.2) is 43.1 Å². The van der Waals surface area contributed by atoms with Crippen LogP contribution in [0.4, 0.5) is 5.69 Å². The van der Waals surface area contributed by atoms with Gasteiger partial charge in [0, 0.05) is 30.0 Å². The summed E-state index contributed by atoms with van der Waals surface area (Å²) in [5.74, 6) is 0.946. The average molecular weight is 453 g/mol. The molecule has 1 aromatic heterocycles. The zero-order valence-electron chi connectivity index (χ0n) is 19.5. The molecule has 0 saturated heterocycles. The highest BCUT2D eigenvalue weighted by atomic mass is 16.5. The fourth-order valence-corrected chi connectivity index (χ4v) is 3.13. The Hall–Kier alpha value is -4.01. The normalized spacial score (nSPS) is 11.5. The van der Waals surface area contributed by atoms with Crippen LogP contribution < -0.4 is 29.8 Å². The van der Waals surface area contributed by atoms with Crippen LogP contribution in [0.3, 0.4) is 0 Å². The topological polar surface area (TPSA) is 101 Å². The van der Waals surface area contributed by atoms with Gasteiger partial charge in [-0.25, -0.2) is 0 Å². The highest BCUT2D eigenvalue weighted by Gasteiger charge is 2.19. The lowest BCUT2D eigenvalue weighted by molar-refractivity contribution is -0.122. The monoisotopic (exact) mass is 453 g/mol. The zero-order chi connectivity index (χ0) is 24.1. The number of nitrogens with zero attached hydrogens (tertiary/aromatic N) is 2. The number of rotatable bonds is 8. The molecule has 1 amide bonds. The van der Waals surface area contributed by atoms with Crippen LogP contribution in [0, 0.1) is 13.8 Å². The Bertz CT molecular complexity index is 1200. The first kappa shape index (κ1) is 23.6. The van der Waals surface area contributed by atoms with Gasteiger partial charge in [0.15, 0.2) is 17.6 Å². The summed E-state index contributed by atoms with van der Waals surface area (Å²) >= 11 is 0. The van der Waals surface area contributed by atoms with Gasteiger partial charge in [0.25, 0.3) is 11.5 Å². The number of carbonyl (C=O) groups is 1. The molecule has 0 aliphatic heterocycles. The summed E-state index contributed by atoms with van der Waals surface area (Å²) < 4.78 is 22.9. The largest absolute Gasteiger partial charge is 0.493 e. The smallest absolute Gasteiger partial charge is 0.271 e. The van der Waals surface area contributed by atoms with E-state index in [1.54, 1.807) is 25.1 Å². The SMILES string of the molecule is COc1cc(NC(=O)[C@H](C)Oc2ccc(=O)n(-c3ccc(C)c(C)c3)n2)cc(OC)c1OC. The number of ether oxygens (including phenoxy) is 4. The van der Waals surface area contributed by atoms with Gasteiger partial charge < -0.3 is 24.3 Å². The molecule has 33 heavy (non-hydrogen) atoms. The van der Waals surface area contributed by atoms with Gasteiger partial charge in [0.05, 0.1) is 27.0 Å². The number of methoxy groups -OCH3 is 3. The van der Waals surface area contributed by atoms with Crippen LogP contribution in [-0.2, 0) is 4.79 Å². The molecule has 0 radical (unpaired) electrons. The number of aromatic nitrogens is 2. The van der Waals surface area contributed by atoms with E-state index in [-0.39, 0.29) is 11.4 Å². The Morgan fingerprint density at radius 3 is 2.18 bits per heavy atom. The molecule has 3 aromatic rings. The first-order valence-electron chi connectivity index (χ1n) is 10.2. The van der Waals surface area contributed by atoms with Crippen LogP contribution >= 0.6 is 0 Å².